The van der Waals surface area contributed by atoms with Crippen LogP contribution in [0, 0.1) is 18.7 Å². The predicted molar refractivity (Wildman–Crippen MR) is 113 cm³/mol. The van der Waals surface area contributed by atoms with Crippen LogP contribution in [0.15, 0.2) is 17.1 Å². The Morgan fingerprint density at radius 3 is 2.69 bits per heavy atom. The summed E-state index contributed by atoms with van der Waals surface area (Å²) in [4.78, 5) is 26.2. The molecule has 0 bridgehead atoms. The van der Waals surface area contributed by atoms with E-state index in [2.05, 4.69) is 17.1 Å². The second-order valence-electron chi connectivity index (χ2n) is 7.98. The van der Waals surface area contributed by atoms with E-state index in [1.54, 1.807) is 0 Å². The highest BCUT2D eigenvalue weighted by molar-refractivity contribution is 5.89. The number of hydrogen-bond donors (Lipinski definition) is 2. The summed E-state index contributed by atoms with van der Waals surface area (Å²) in [6, 6.07) is 1.50. The van der Waals surface area contributed by atoms with Crippen LogP contribution in [-0.4, -0.2) is 41.7 Å². The Hall–Kier alpha value is -2.12. The third-order valence-corrected chi connectivity index (χ3v) is 5.98. The minimum atomic E-state index is -1.27. The fourth-order valence-corrected chi connectivity index (χ4v) is 4.44. The van der Waals surface area contributed by atoms with Crippen LogP contribution in [0.3, 0.4) is 0 Å². The topological polar surface area (TPSA) is 74.0 Å². The molecule has 2 aromatic heterocycles. The normalized spacial score (nSPS) is 18.9. The van der Waals surface area contributed by atoms with Crippen LogP contribution >= 0.6 is 12.4 Å². The van der Waals surface area contributed by atoms with Gasteiger partial charge in [-0.1, -0.05) is 6.92 Å². The molecule has 158 valence electrons. The summed E-state index contributed by atoms with van der Waals surface area (Å²) in [6.45, 7) is 7.30. The number of aromatic carboxylic acids is 1. The number of carboxylic acids is 1. The zero-order valence-electron chi connectivity index (χ0n) is 16.7. The van der Waals surface area contributed by atoms with Crippen molar-refractivity contribution in [3.05, 3.63) is 45.1 Å². The molecule has 29 heavy (non-hydrogen) atoms. The number of fused-ring (bicyclic) bond motifs is 1. The van der Waals surface area contributed by atoms with Crippen molar-refractivity contribution >= 4 is 29.6 Å². The number of carbonyl (C=O) groups is 1. The van der Waals surface area contributed by atoms with Gasteiger partial charge in [-0.2, -0.15) is 0 Å². The molecule has 1 aliphatic heterocycles. The molecule has 2 N–H and O–H groups in total. The van der Waals surface area contributed by atoms with E-state index in [1.807, 2.05) is 6.92 Å². The Morgan fingerprint density at radius 2 is 2.07 bits per heavy atom. The molecule has 1 unspecified atom stereocenters. The first-order valence-electron chi connectivity index (χ1n) is 9.99. The van der Waals surface area contributed by atoms with Crippen molar-refractivity contribution in [1.29, 1.82) is 0 Å². The van der Waals surface area contributed by atoms with E-state index >= 15 is 4.39 Å². The minimum absolute atomic E-state index is 0. The third-order valence-electron chi connectivity index (χ3n) is 5.98. The lowest BCUT2D eigenvalue weighted by Crippen LogP contribution is -2.28. The van der Waals surface area contributed by atoms with E-state index in [-0.39, 0.29) is 23.9 Å². The van der Waals surface area contributed by atoms with Gasteiger partial charge in [-0.15, -0.1) is 12.4 Å². The van der Waals surface area contributed by atoms with Gasteiger partial charge in [0.15, 0.2) is 5.82 Å². The molecule has 0 aromatic carbocycles. The largest absolute Gasteiger partial charge is 0.477 e. The fraction of sp³-hybridized carbons (Fsp3) is 0.524. The SMILES string of the molecule is CCNCC1CCN(c2c(F)cn3c(=O)c(C(=O)O)cc(C4CC4)c3c2C)C1.Cl. The summed E-state index contributed by atoms with van der Waals surface area (Å²) in [7, 11) is 0. The maximum absolute atomic E-state index is 15.1. The maximum atomic E-state index is 15.1. The van der Waals surface area contributed by atoms with Crippen LogP contribution in [0.25, 0.3) is 5.52 Å². The van der Waals surface area contributed by atoms with E-state index < -0.39 is 17.3 Å². The fourth-order valence-electron chi connectivity index (χ4n) is 4.44. The zero-order chi connectivity index (χ0) is 20.0. The molecular weight excluding hydrogens is 397 g/mol. The number of aryl methyl sites for hydroxylation is 1. The molecule has 1 saturated carbocycles. The first-order chi connectivity index (χ1) is 13.4. The summed E-state index contributed by atoms with van der Waals surface area (Å²) in [6.07, 6.45) is 4.11. The van der Waals surface area contributed by atoms with Crippen molar-refractivity contribution in [1.82, 2.24) is 9.72 Å². The highest BCUT2D eigenvalue weighted by atomic mass is 35.5. The van der Waals surface area contributed by atoms with Gasteiger partial charge < -0.3 is 15.3 Å². The molecule has 4 rings (SSSR count). The van der Waals surface area contributed by atoms with Gasteiger partial charge in [-0.05, 0) is 68.3 Å². The number of hydrogen-bond acceptors (Lipinski definition) is 4. The molecule has 2 aromatic rings. The lowest BCUT2D eigenvalue weighted by Gasteiger charge is -2.24. The summed E-state index contributed by atoms with van der Waals surface area (Å²) in [5, 5.41) is 12.8. The monoisotopic (exact) mass is 423 g/mol. The highest BCUT2D eigenvalue weighted by Gasteiger charge is 2.32. The van der Waals surface area contributed by atoms with Gasteiger partial charge in [0.2, 0.25) is 0 Å². The van der Waals surface area contributed by atoms with E-state index in [9.17, 15) is 14.7 Å². The summed E-state index contributed by atoms with van der Waals surface area (Å²) in [5.41, 5.74) is 1.82. The minimum Gasteiger partial charge on any atom is -0.477 e. The van der Waals surface area contributed by atoms with E-state index in [4.69, 9.17) is 0 Å². The molecule has 8 heteroatoms. The first-order valence-corrected chi connectivity index (χ1v) is 9.99. The number of nitrogens with one attached hydrogen (secondary N) is 1. The lowest BCUT2D eigenvalue weighted by atomic mass is 10.0. The highest BCUT2D eigenvalue weighted by Crippen LogP contribution is 2.44. The Bertz CT molecular complexity index is 1000. The van der Waals surface area contributed by atoms with Crippen LogP contribution in [-0.2, 0) is 0 Å². The molecule has 0 spiro atoms. The van der Waals surface area contributed by atoms with Crippen molar-refractivity contribution in [3.8, 4) is 0 Å². The Labute approximate surface area is 175 Å². The molecule has 2 fully saturated rings. The van der Waals surface area contributed by atoms with Crippen LogP contribution < -0.4 is 15.8 Å². The van der Waals surface area contributed by atoms with Gasteiger partial charge in [0.25, 0.3) is 5.56 Å². The maximum Gasteiger partial charge on any atom is 0.341 e. The number of nitrogens with zero attached hydrogens (tertiary/aromatic N) is 2. The average molecular weight is 424 g/mol. The standard InChI is InChI=1S/C21H26FN3O3.ClH/c1-3-23-9-13-6-7-24(10-13)19-12(2)18-15(14-4-5-14)8-16(21(27)28)20(26)25(18)11-17(19)22;/h8,11,13-14,23H,3-7,9-10H2,1-2H3,(H,27,28);1H. The van der Waals surface area contributed by atoms with Crippen LogP contribution in [0.4, 0.5) is 10.1 Å². The van der Waals surface area contributed by atoms with Crippen LogP contribution in [0.2, 0.25) is 0 Å². The summed E-state index contributed by atoms with van der Waals surface area (Å²) in [5.74, 6) is -1.03. The second kappa shape index (κ2) is 8.32. The lowest BCUT2D eigenvalue weighted by molar-refractivity contribution is 0.0694. The molecule has 1 saturated heterocycles. The van der Waals surface area contributed by atoms with Crippen molar-refractivity contribution in [3.63, 3.8) is 0 Å². The Balaban J connectivity index is 0.00000240. The van der Waals surface area contributed by atoms with Crippen molar-refractivity contribution in [2.75, 3.05) is 31.1 Å². The molecule has 1 aliphatic carbocycles. The van der Waals surface area contributed by atoms with Gasteiger partial charge in [-0.25, -0.2) is 9.18 Å². The van der Waals surface area contributed by atoms with Crippen molar-refractivity contribution in [2.45, 2.75) is 39.0 Å². The van der Waals surface area contributed by atoms with Gasteiger partial charge >= 0.3 is 5.97 Å². The average Bonchev–Trinajstić information content (AvgIpc) is 3.39. The van der Waals surface area contributed by atoms with Gasteiger partial charge in [0.05, 0.1) is 17.4 Å². The molecular formula is C21H27ClFN3O3. The molecule has 0 radical (unpaired) electrons. The number of anilines is 1. The Kier molecular flexibility index (Phi) is 6.19. The summed E-state index contributed by atoms with van der Waals surface area (Å²) < 4.78 is 16.3. The van der Waals surface area contributed by atoms with Crippen molar-refractivity contribution < 1.29 is 14.3 Å². The van der Waals surface area contributed by atoms with E-state index in [0.29, 0.717) is 17.1 Å². The third kappa shape index (κ3) is 3.85. The van der Waals surface area contributed by atoms with Crippen molar-refractivity contribution in [2.24, 2.45) is 5.92 Å². The van der Waals surface area contributed by atoms with Gasteiger partial charge in [-0.3, -0.25) is 9.20 Å². The molecule has 3 heterocycles. The number of aromatic nitrogens is 1. The van der Waals surface area contributed by atoms with Gasteiger partial charge in [0, 0.05) is 13.1 Å². The molecule has 2 aliphatic rings. The molecule has 1 atom stereocenters. The number of pyridine rings is 2. The molecule has 0 amide bonds. The number of carboxylic acid groups (broad SMARTS) is 1. The first kappa shape index (κ1) is 21.6. The zero-order valence-corrected chi connectivity index (χ0v) is 17.5. The van der Waals surface area contributed by atoms with Gasteiger partial charge in [0.1, 0.15) is 5.56 Å². The number of halogens is 2. The summed E-state index contributed by atoms with van der Waals surface area (Å²) >= 11 is 0. The van der Waals surface area contributed by atoms with E-state index in [0.717, 1.165) is 56.6 Å². The quantitative estimate of drug-likeness (QED) is 0.746. The van der Waals surface area contributed by atoms with Crippen LogP contribution in [0.1, 0.15) is 53.6 Å². The predicted octanol–water partition coefficient (Wildman–Crippen LogP) is 3.18. The number of rotatable bonds is 6. The smallest absolute Gasteiger partial charge is 0.341 e. The second-order valence-corrected chi connectivity index (χ2v) is 7.98. The Morgan fingerprint density at radius 1 is 1.34 bits per heavy atom. The van der Waals surface area contributed by atoms with Crippen LogP contribution in [0.5, 0.6) is 0 Å². The van der Waals surface area contributed by atoms with E-state index in [1.165, 1.54) is 16.7 Å². The molecule has 6 nitrogen and oxygen atoms in total.